The van der Waals surface area contributed by atoms with E-state index in [4.69, 9.17) is 0 Å². The molecule has 7 nitrogen and oxygen atoms in total. The first-order valence-electron chi connectivity index (χ1n) is 9.78. The lowest BCUT2D eigenvalue weighted by Gasteiger charge is -2.15. The van der Waals surface area contributed by atoms with Crippen LogP contribution in [0.4, 0.5) is 5.69 Å². The average Bonchev–Trinajstić information content (AvgIpc) is 3.52. The van der Waals surface area contributed by atoms with Crippen LogP contribution in [0.15, 0.2) is 48.5 Å². The Morgan fingerprint density at radius 1 is 1.00 bits per heavy atom. The molecule has 0 spiro atoms. The summed E-state index contributed by atoms with van der Waals surface area (Å²) >= 11 is 0. The zero-order valence-electron chi connectivity index (χ0n) is 16.7. The Labute approximate surface area is 170 Å². The third-order valence-electron chi connectivity index (χ3n) is 4.77. The van der Waals surface area contributed by atoms with Crippen molar-refractivity contribution in [2.45, 2.75) is 25.4 Å². The maximum Gasteiger partial charge on any atom is 0.279 e. The Balaban J connectivity index is 1.55. The Morgan fingerprint density at radius 2 is 1.69 bits per heavy atom. The molecule has 152 valence electrons. The molecule has 29 heavy (non-hydrogen) atoms. The predicted octanol–water partition coefficient (Wildman–Crippen LogP) is 0.592. The average molecular weight is 395 g/mol. The molecule has 7 heteroatoms. The molecule has 1 unspecified atom stereocenters. The van der Waals surface area contributed by atoms with Crippen molar-refractivity contribution in [2.75, 3.05) is 26.0 Å². The number of carbonyl (C=O) groups is 3. The van der Waals surface area contributed by atoms with Crippen LogP contribution in [0.25, 0.3) is 0 Å². The van der Waals surface area contributed by atoms with Crippen LogP contribution >= 0.6 is 0 Å². The van der Waals surface area contributed by atoms with E-state index < -0.39 is 0 Å². The number of likely N-dealkylation sites (N-methyl/N-ethyl adjacent to an activating group) is 1. The molecule has 0 heterocycles. The number of carbonyl (C=O) groups excluding carboxylic acids is 3. The van der Waals surface area contributed by atoms with Gasteiger partial charge in [0.25, 0.3) is 17.7 Å². The molecule has 0 aliphatic heterocycles. The van der Waals surface area contributed by atoms with E-state index in [2.05, 4.69) is 16.0 Å². The molecule has 0 bridgehead atoms. The van der Waals surface area contributed by atoms with E-state index in [9.17, 15) is 14.4 Å². The van der Waals surface area contributed by atoms with Crippen molar-refractivity contribution < 1.29 is 19.3 Å². The summed E-state index contributed by atoms with van der Waals surface area (Å²) < 4.78 is 0. The molecule has 1 fully saturated rings. The van der Waals surface area contributed by atoms with Gasteiger partial charge in [0.15, 0.2) is 6.54 Å². The number of benzene rings is 2. The number of para-hydroxylation sites is 1. The highest BCUT2D eigenvalue weighted by atomic mass is 16.2. The summed E-state index contributed by atoms with van der Waals surface area (Å²) in [4.78, 5) is 37.5. The lowest BCUT2D eigenvalue weighted by atomic mass is 10.1. The van der Waals surface area contributed by atoms with Gasteiger partial charge in [-0.3, -0.25) is 14.4 Å². The van der Waals surface area contributed by atoms with E-state index in [1.165, 1.54) is 0 Å². The monoisotopic (exact) mass is 395 g/mol. The topological polar surface area (TPSA) is 91.7 Å². The van der Waals surface area contributed by atoms with Crippen LogP contribution in [0.1, 0.15) is 39.1 Å². The molecule has 1 aliphatic rings. The number of rotatable bonds is 8. The van der Waals surface area contributed by atoms with Crippen molar-refractivity contribution in [3.63, 3.8) is 0 Å². The van der Waals surface area contributed by atoms with Crippen LogP contribution in [0.3, 0.4) is 0 Å². The fourth-order valence-electron chi connectivity index (χ4n) is 3.08. The van der Waals surface area contributed by atoms with Gasteiger partial charge in [0.05, 0.1) is 18.3 Å². The number of hydrogen-bond acceptors (Lipinski definition) is 3. The van der Waals surface area contributed by atoms with Gasteiger partial charge in [0, 0.05) is 24.2 Å². The van der Waals surface area contributed by atoms with Gasteiger partial charge in [-0.05, 0) is 37.1 Å². The molecule has 2 aromatic carbocycles. The van der Waals surface area contributed by atoms with E-state index in [0.717, 1.165) is 23.3 Å². The van der Waals surface area contributed by atoms with E-state index in [0.29, 0.717) is 23.4 Å². The van der Waals surface area contributed by atoms with Gasteiger partial charge >= 0.3 is 0 Å². The second-order valence-electron chi connectivity index (χ2n) is 7.43. The van der Waals surface area contributed by atoms with Crippen LogP contribution in [-0.4, -0.2) is 44.4 Å². The number of amides is 3. The van der Waals surface area contributed by atoms with Gasteiger partial charge in [0.1, 0.15) is 6.54 Å². The fraction of sp³-hybridized carbons (Fsp3) is 0.318. The zero-order valence-corrected chi connectivity index (χ0v) is 16.7. The van der Waals surface area contributed by atoms with Crippen molar-refractivity contribution in [3.8, 4) is 0 Å². The second kappa shape index (κ2) is 9.34. The summed E-state index contributed by atoms with van der Waals surface area (Å²) in [6.45, 7) is 0.904. The summed E-state index contributed by atoms with van der Waals surface area (Å²) in [6.07, 6.45) is 2.02. The molecule has 1 saturated carbocycles. The highest BCUT2D eigenvalue weighted by Gasteiger charge is 2.25. The van der Waals surface area contributed by atoms with Crippen LogP contribution in [0.5, 0.6) is 0 Å². The van der Waals surface area contributed by atoms with Crippen molar-refractivity contribution in [3.05, 3.63) is 65.2 Å². The third-order valence-corrected chi connectivity index (χ3v) is 4.77. The Morgan fingerprint density at radius 3 is 2.34 bits per heavy atom. The molecular weight excluding hydrogens is 368 g/mol. The summed E-state index contributed by atoms with van der Waals surface area (Å²) in [5, 5.41) is 8.40. The van der Waals surface area contributed by atoms with Crippen LogP contribution in [0, 0.1) is 0 Å². The van der Waals surface area contributed by atoms with Crippen molar-refractivity contribution in [1.82, 2.24) is 10.6 Å². The van der Waals surface area contributed by atoms with E-state index in [-0.39, 0.29) is 30.3 Å². The highest BCUT2D eigenvalue weighted by molar-refractivity contribution is 6.04. The van der Waals surface area contributed by atoms with Crippen LogP contribution in [0.2, 0.25) is 0 Å². The highest BCUT2D eigenvalue weighted by Crippen LogP contribution is 2.21. The molecule has 0 saturated heterocycles. The minimum absolute atomic E-state index is 0.124. The fourth-order valence-corrected chi connectivity index (χ4v) is 3.08. The van der Waals surface area contributed by atoms with Gasteiger partial charge in [-0.15, -0.1) is 0 Å². The van der Waals surface area contributed by atoms with Crippen LogP contribution < -0.4 is 20.9 Å². The third kappa shape index (κ3) is 5.89. The molecule has 0 radical (unpaired) electrons. The Bertz CT molecular complexity index is 891. The van der Waals surface area contributed by atoms with Gasteiger partial charge in [-0.1, -0.05) is 24.3 Å². The second-order valence-corrected chi connectivity index (χ2v) is 7.43. The predicted molar refractivity (Wildman–Crippen MR) is 111 cm³/mol. The maximum atomic E-state index is 12.5. The first kappa shape index (κ1) is 20.5. The first-order chi connectivity index (χ1) is 14.0. The van der Waals surface area contributed by atoms with E-state index in [1.54, 1.807) is 43.4 Å². The molecule has 1 aliphatic carbocycles. The Hall–Kier alpha value is -3.19. The van der Waals surface area contributed by atoms with Crippen molar-refractivity contribution in [2.24, 2.45) is 0 Å². The number of hydrogen-bond donors (Lipinski definition) is 4. The van der Waals surface area contributed by atoms with Gasteiger partial charge in [0.2, 0.25) is 0 Å². The summed E-state index contributed by atoms with van der Waals surface area (Å²) in [5.74, 6) is -0.433. The smallest absolute Gasteiger partial charge is 0.279 e. The minimum atomic E-state index is -0.156. The van der Waals surface area contributed by atoms with Gasteiger partial charge < -0.3 is 20.9 Å². The standard InChI is InChI=1S/C22H26N4O3/c1-23-21(28)16-9-7-15(8-10-16)13-26(2)14-20(27)25-19-6-4-3-5-18(19)22(29)24-17-11-12-17/h3-10,17H,11-14H2,1-2H3,(H,23,28)(H,24,29)(H,25,27)/p+1. The summed E-state index contributed by atoms with van der Waals surface area (Å²) in [5.41, 5.74) is 2.65. The molecule has 3 rings (SSSR count). The number of quaternary nitrogens is 1. The summed E-state index contributed by atoms with van der Waals surface area (Å²) in [7, 11) is 3.53. The first-order valence-corrected chi connectivity index (χ1v) is 9.78. The molecule has 4 N–H and O–H groups in total. The largest absolute Gasteiger partial charge is 0.355 e. The molecule has 1 atom stereocenters. The molecule has 0 aromatic heterocycles. The minimum Gasteiger partial charge on any atom is -0.355 e. The van der Waals surface area contributed by atoms with Gasteiger partial charge in [-0.2, -0.15) is 0 Å². The summed E-state index contributed by atoms with van der Waals surface area (Å²) in [6, 6.07) is 14.6. The Kier molecular flexibility index (Phi) is 6.61. The lowest BCUT2D eigenvalue weighted by Crippen LogP contribution is -3.08. The molecular formula is C22H27N4O3+. The zero-order chi connectivity index (χ0) is 20.8. The lowest BCUT2D eigenvalue weighted by molar-refractivity contribution is -0.885. The normalized spacial score (nSPS) is 14.0. The van der Waals surface area contributed by atoms with E-state index in [1.807, 2.05) is 19.2 Å². The van der Waals surface area contributed by atoms with Crippen molar-refractivity contribution in [1.29, 1.82) is 0 Å². The van der Waals surface area contributed by atoms with Crippen molar-refractivity contribution >= 4 is 23.4 Å². The quantitative estimate of drug-likeness (QED) is 0.527. The van der Waals surface area contributed by atoms with Crippen LogP contribution in [-0.2, 0) is 11.3 Å². The van der Waals surface area contributed by atoms with E-state index >= 15 is 0 Å². The maximum absolute atomic E-state index is 12.5. The number of nitrogens with one attached hydrogen (secondary N) is 4. The molecule has 2 aromatic rings. The molecule has 3 amide bonds. The van der Waals surface area contributed by atoms with Gasteiger partial charge in [-0.25, -0.2) is 0 Å². The SMILES string of the molecule is CNC(=O)c1ccc(C[NH+](C)CC(=O)Nc2ccccc2C(=O)NC2CC2)cc1. The number of anilines is 1.